The summed E-state index contributed by atoms with van der Waals surface area (Å²) in [5, 5.41) is 11.5. The maximum atomic E-state index is 13.1. The molecule has 1 heterocycles. The van der Waals surface area contributed by atoms with Crippen LogP contribution in [0.25, 0.3) is 11.5 Å². The third-order valence-corrected chi connectivity index (χ3v) is 3.21. The van der Waals surface area contributed by atoms with Crippen molar-refractivity contribution in [1.82, 2.24) is 15.5 Å². The fourth-order valence-corrected chi connectivity index (χ4v) is 2.08. The number of aromatic nitrogens is 2. The molecule has 1 atom stereocenters. The van der Waals surface area contributed by atoms with E-state index in [1.807, 2.05) is 6.92 Å². The molecule has 108 valence electrons. The molecule has 1 aromatic heterocycles. The van der Waals surface area contributed by atoms with Crippen molar-refractivity contribution in [3.8, 4) is 11.5 Å². The molecular formula is C15H20FN3O. The zero-order valence-corrected chi connectivity index (χ0v) is 12.1. The second-order valence-electron chi connectivity index (χ2n) is 4.82. The minimum atomic E-state index is -0.262. The Labute approximate surface area is 118 Å². The Morgan fingerprint density at radius 1 is 1.30 bits per heavy atom. The van der Waals surface area contributed by atoms with Crippen molar-refractivity contribution in [2.24, 2.45) is 0 Å². The first-order valence-corrected chi connectivity index (χ1v) is 6.99. The number of rotatable bonds is 6. The van der Waals surface area contributed by atoms with Crippen LogP contribution in [-0.4, -0.2) is 16.7 Å². The smallest absolute Gasteiger partial charge is 0.248 e. The quantitative estimate of drug-likeness (QED) is 0.876. The van der Waals surface area contributed by atoms with Crippen molar-refractivity contribution in [3.63, 3.8) is 0 Å². The van der Waals surface area contributed by atoms with Gasteiger partial charge in [0.05, 0.1) is 6.04 Å². The summed E-state index contributed by atoms with van der Waals surface area (Å²) >= 11 is 0. The van der Waals surface area contributed by atoms with Gasteiger partial charge in [0.15, 0.2) is 0 Å². The van der Waals surface area contributed by atoms with Gasteiger partial charge in [0.25, 0.3) is 0 Å². The zero-order valence-electron chi connectivity index (χ0n) is 12.1. The summed E-state index contributed by atoms with van der Waals surface area (Å²) in [7, 11) is 0. The van der Waals surface area contributed by atoms with Crippen LogP contribution in [0.2, 0.25) is 0 Å². The van der Waals surface area contributed by atoms with E-state index in [-0.39, 0.29) is 11.9 Å². The lowest BCUT2D eigenvalue weighted by Crippen LogP contribution is -2.21. The Hall–Kier alpha value is -1.75. The minimum absolute atomic E-state index is 0.0666. The van der Waals surface area contributed by atoms with E-state index in [1.54, 1.807) is 6.07 Å². The van der Waals surface area contributed by atoms with Crippen LogP contribution in [0.3, 0.4) is 0 Å². The highest BCUT2D eigenvalue weighted by Crippen LogP contribution is 2.25. The van der Waals surface area contributed by atoms with Crippen LogP contribution in [0.15, 0.2) is 22.6 Å². The first-order chi connectivity index (χ1) is 9.65. The van der Waals surface area contributed by atoms with Gasteiger partial charge in [-0.15, -0.1) is 10.2 Å². The van der Waals surface area contributed by atoms with Crippen molar-refractivity contribution in [2.75, 3.05) is 6.54 Å². The molecule has 0 aliphatic rings. The van der Waals surface area contributed by atoms with Gasteiger partial charge in [0.2, 0.25) is 11.8 Å². The molecule has 0 spiro atoms. The molecule has 20 heavy (non-hydrogen) atoms. The number of hydrogen-bond acceptors (Lipinski definition) is 4. The van der Waals surface area contributed by atoms with Gasteiger partial charge in [-0.2, -0.15) is 0 Å². The van der Waals surface area contributed by atoms with Gasteiger partial charge in [0, 0.05) is 5.56 Å². The Morgan fingerprint density at radius 3 is 2.75 bits per heavy atom. The zero-order chi connectivity index (χ0) is 14.5. The van der Waals surface area contributed by atoms with E-state index in [0.717, 1.165) is 30.5 Å². The van der Waals surface area contributed by atoms with E-state index in [2.05, 4.69) is 29.4 Å². The van der Waals surface area contributed by atoms with Gasteiger partial charge < -0.3 is 9.73 Å². The highest BCUT2D eigenvalue weighted by atomic mass is 19.1. The van der Waals surface area contributed by atoms with E-state index >= 15 is 0 Å². The molecule has 1 N–H and O–H groups in total. The van der Waals surface area contributed by atoms with Crippen molar-refractivity contribution < 1.29 is 8.81 Å². The predicted molar refractivity (Wildman–Crippen MR) is 75.8 cm³/mol. The molecule has 1 unspecified atom stereocenters. The van der Waals surface area contributed by atoms with Gasteiger partial charge >= 0.3 is 0 Å². The van der Waals surface area contributed by atoms with Gasteiger partial charge in [-0.25, -0.2) is 4.39 Å². The van der Waals surface area contributed by atoms with E-state index in [4.69, 9.17) is 4.42 Å². The number of nitrogens with zero attached hydrogens (tertiary/aromatic N) is 2. The van der Waals surface area contributed by atoms with Crippen LogP contribution in [0, 0.1) is 12.7 Å². The largest absolute Gasteiger partial charge is 0.419 e. The molecule has 4 nitrogen and oxygen atoms in total. The van der Waals surface area contributed by atoms with Crippen LogP contribution < -0.4 is 5.32 Å². The first kappa shape index (κ1) is 14.7. The topological polar surface area (TPSA) is 51.0 Å². The van der Waals surface area contributed by atoms with Gasteiger partial charge in [-0.05, 0) is 50.1 Å². The Kier molecular flexibility index (Phi) is 4.84. The molecule has 1 aromatic carbocycles. The maximum absolute atomic E-state index is 13.1. The second kappa shape index (κ2) is 6.61. The standard InChI is InChI=1S/C15H20FN3O/c1-4-8-17-13(5-2)15-19-18-14(20-15)12-7-6-11(16)9-10(12)3/h6-7,9,13,17H,4-5,8H2,1-3H3. The van der Waals surface area contributed by atoms with E-state index in [9.17, 15) is 4.39 Å². The van der Waals surface area contributed by atoms with Gasteiger partial charge in [-0.1, -0.05) is 13.8 Å². The van der Waals surface area contributed by atoms with E-state index in [0.29, 0.717) is 11.8 Å². The SMILES string of the molecule is CCCNC(CC)c1nnc(-c2ccc(F)cc2C)o1. The molecule has 5 heteroatoms. The summed E-state index contributed by atoms with van der Waals surface area (Å²) in [6, 6.07) is 4.60. The summed E-state index contributed by atoms with van der Waals surface area (Å²) in [5.74, 6) is 0.760. The van der Waals surface area contributed by atoms with Crippen LogP contribution >= 0.6 is 0 Å². The maximum Gasteiger partial charge on any atom is 0.248 e. The monoisotopic (exact) mass is 277 g/mol. The molecule has 0 fully saturated rings. The molecule has 2 aromatic rings. The number of hydrogen-bond donors (Lipinski definition) is 1. The van der Waals surface area contributed by atoms with Gasteiger partial charge in [0.1, 0.15) is 5.82 Å². The summed E-state index contributed by atoms with van der Waals surface area (Å²) in [6.07, 6.45) is 1.93. The molecule has 0 saturated carbocycles. The van der Waals surface area contributed by atoms with E-state index < -0.39 is 0 Å². The molecule has 0 aliphatic carbocycles. The first-order valence-electron chi connectivity index (χ1n) is 6.99. The highest BCUT2D eigenvalue weighted by Gasteiger charge is 2.17. The summed E-state index contributed by atoms with van der Waals surface area (Å²) in [5.41, 5.74) is 1.56. The van der Waals surface area contributed by atoms with Crippen molar-refractivity contribution >= 4 is 0 Å². The van der Waals surface area contributed by atoms with Crippen molar-refractivity contribution in [2.45, 2.75) is 39.7 Å². The summed E-state index contributed by atoms with van der Waals surface area (Å²) in [4.78, 5) is 0. The molecule has 0 saturated heterocycles. The van der Waals surface area contributed by atoms with Crippen LogP contribution in [-0.2, 0) is 0 Å². The molecular weight excluding hydrogens is 257 g/mol. The third kappa shape index (κ3) is 3.22. The average molecular weight is 277 g/mol. The predicted octanol–water partition coefficient (Wildman–Crippen LogP) is 3.63. The third-order valence-electron chi connectivity index (χ3n) is 3.21. The second-order valence-corrected chi connectivity index (χ2v) is 4.82. The number of benzene rings is 1. The Bertz CT molecular complexity index is 568. The molecule has 0 radical (unpaired) electrons. The highest BCUT2D eigenvalue weighted by molar-refractivity contribution is 5.57. The fraction of sp³-hybridized carbons (Fsp3) is 0.467. The van der Waals surface area contributed by atoms with Crippen molar-refractivity contribution in [3.05, 3.63) is 35.5 Å². The average Bonchev–Trinajstić information content (AvgIpc) is 2.89. The molecule has 0 amide bonds. The molecule has 0 bridgehead atoms. The number of halogens is 1. The lowest BCUT2D eigenvalue weighted by molar-refractivity contribution is 0.396. The van der Waals surface area contributed by atoms with Crippen LogP contribution in [0.5, 0.6) is 0 Å². The fourth-order valence-electron chi connectivity index (χ4n) is 2.08. The normalized spacial score (nSPS) is 12.6. The van der Waals surface area contributed by atoms with Crippen LogP contribution in [0.1, 0.15) is 44.2 Å². The van der Waals surface area contributed by atoms with Crippen LogP contribution in [0.4, 0.5) is 4.39 Å². The molecule has 2 rings (SSSR count). The lowest BCUT2D eigenvalue weighted by atomic mass is 10.1. The lowest BCUT2D eigenvalue weighted by Gasteiger charge is -2.11. The van der Waals surface area contributed by atoms with Crippen molar-refractivity contribution in [1.29, 1.82) is 0 Å². The summed E-state index contributed by atoms with van der Waals surface area (Å²) in [6.45, 7) is 6.92. The molecule has 0 aliphatic heterocycles. The Balaban J connectivity index is 2.23. The number of aryl methyl sites for hydroxylation is 1. The van der Waals surface area contributed by atoms with Gasteiger partial charge in [-0.3, -0.25) is 0 Å². The minimum Gasteiger partial charge on any atom is -0.419 e. The number of nitrogens with one attached hydrogen (secondary N) is 1. The summed E-state index contributed by atoms with van der Waals surface area (Å²) < 4.78 is 18.8. The Morgan fingerprint density at radius 2 is 2.10 bits per heavy atom. The van der Waals surface area contributed by atoms with E-state index in [1.165, 1.54) is 12.1 Å².